The van der Waals surface area contributed by atoms with Gasteiger partial charge in [-0.3, -0.25) is 0 Å². The van der Waals surface area contributed by atoms with Crippen molar-refractivity contribution in [1.82, 2.24) is 4.98 Å². The van der Waals surface area contributed by atoms with Gasteiger partial charge in [0.15, 0.2) is 0 Å². The highest BCUT2D eigenvalue weighted by atomic mass is 35.5. The second-order valence-corrected chi connectivity index (χ2v) is 7.38. The quantitative estimate of drug-likeness (QED) is 0.343. The van der Waals surface area contributed by atoms with Crippen LogP contribution in [0, 0.1) is 6.92 Å². The topological polar surface area (TPSA) is 40.8 Å². The van der Waals surface area contributed by atoms with E-state index in [0.29, 0.717) is 0 Å². The summed E-state index contributed by atoms with van der Waals surface area (Å²) in [5, 5.41) is 6.81. The number of hydrogen-bond acceptors (Lipinski definition) is 3. The van der Waals surface area contributed by atoms with Crippen LogP contribution < -0.4 is 27.6 Å². The highest BCUT2D eigenvalue weighted by molar-refractivity contribution is 5.87. The molecule has 31 heavy (non-hydrogen) atoms. The number of rotatable bonds is 4. The average molecular weight is 427 g/mol. The van der Waals surface area contributed by atoms with Gasteiger partial charge in [0.2, 0.25) is 16.7 Å². The van der Waals surface area contributed by atoms with Crippen molar-refractivity contribution in [2.24, 2.45) is 0 Å². The molecule has 4 nitrogen and oxygen atoms in total. The number of halogens is 1. The zero-order chi connectivity index (χ0) is 20.5. The van der Waals surface area contributed by atoms with Crippen LogP contribution in [0.1, 0.15) is 5.56 Å². The van der Waals surface area contributed by atoms with Crippen LogP contribution in [0.15, 0.2) is 91.0 Å². The number of nitrogens with zero attached hydrogens (tertiary/aromatic N) is 2. The van der Waals surface area contributed by atoms with Gasteiger partial charge in [-0.1, -0.05) is 36.4 Å². The SMILES string of the molecule is CNc1cc2c(cc1C)nc1ccc(Nc3ccccc3)cc1[n+]2-c1ccccc1.[Cl-]. The Hall–Kier alpha value is -3.63. The number of nitrogens with one attached hydrogen (secondary N) is 2. The van der Waals surface area contributed by atoms with E-state index in [-0.39, 0.29) is 12.4 Å². The van der Waals surface area contributed by atoms with E-state index in [4.69, 9.17) is 4.98 Å². The second-order valence-electron chi connectivity index (χ2n) is 7.38. The molecule has 0 aliphatic carbocycles. The van der Waals surface area contributed by atoms with E-state index in [0.717, 1.165) is 44.8 Å². The molecular formula is C26H23ClN4. The van der Waals surface area contributed by atoms with Crippen molar-refractivity contribution in [3.8, 4) is 5.69 Å². The van der Waals surface area contributed by atoms with E-state index in [1.807, 2.05) is 31.3 Å². The Morgan fingerprint density at radius 1 is 0.710 bits per heavy atom. The normalized spacial score (nSPS) is 10.6. The summed E-state index contributed by atoms with van der Waals surface area (Å²) in [5.74, 6) is 0. The summed E-state index contributed by atoms with van der Waals surface area (Å²) in [5.41, 5.74) is 9.54. The largest absolute Gasteiger partial charge is 1.00 e. The lowest BCUT2D eigenvalue weighted by molar-refractivity contribution is -0.538. The van der Waals surface area contributed by atoms with Crippen molar-refractivity contribution < 1.29 is 17.0 Å². The van der Waals surface area contributed by atoms with Crippen LogP contribution in [-0.2, 0) is 0 Å². The Kier molecular flexibility index (Phi) is 5.74. The van der Waals surface area contributed by atoms with Crippen molar-refractivity contribution in [3.05, 3.63) is 96.6 Å². The molecule has 0 aliphatic heterocycles. The zero-order valence-electron chi connectivity index (χ0n) is 17.4. The second kappa shape index (κ2) is 8.62. The highest BCUT2D eigenvalue weighted by Gasteiger charge is 2.21. The minimum Gasteiger partial charge on any atom is -1.00 e. The summed E-state index contributed by atoms with van der Waals surface area (Å²) < 4.78 is 2.29. The number of benzene rings is 4. The molecule has 0 atom stereocenters. The number of fused-ring (bicyclic) bond motifs is 2. The van der Waals surface area contributed by atoms with Crippen LogP contribution in [-0.4, -0.2) is 12.0 Å². The molecule has 1 aromatic heterocycles. The summed E-state index contributed by atoms with van der Waals surface area (Å²) in [6.07, 6.45) is 0. The molecule has 5 rings (SSSR count). The van der Waals surface area contributed by atoms with Gasteiger partial charge in [-0.2, -0.15) is 0 Å². The molecule has 2 N–H and O–H groups in total. The summed E-state index contributed by atoms with van der Waals surface area (Å²) in [7, 11) is 1.96. The fourth-order valence-electron chi connectivity index (χ4n) is 3.90. The molecule has 0 radical (unpaired) electrons. The number of hydrogen-bond donors (Lipinski definition) is 2. The van der Waals surface area contributed by atoms with Crippen LogP contribution in [0.3, 0.4) is 0 Å². The number of anilines is 3. The molecule has 0 amide bonds. The Morgan fingerprint density at radius 2 is 1.39 bits per heavy atom. The summed E-state index contributed by atoms with van der Waals surface area (Å²) in [6.45, 7) is 2.11. The predicted molar refractivity (Wildman–Crippen MR) is 125 cm³/mol. The summed E-state index contributed by atoms with van der Waals surface area (Å²) in [6, 6.07) is 31.3. The Labute approximate surface area is 188 Å². The van der Waals surface area contributed by atoms with Gasteiger partial charge < -0.3 is 23.0 Å². The van der Waals surface area contributed by atoms with Crippen LogP contribution in [0.5, 0.6) is 0 Å². The van der Waals surface area contributed by atoms with E-state index in [2.05, 4.69) is 88.9 Å². The average Bonchev–Trinajstić information content (AvgIpc) is 2.78. The predicted octanol–water partition coefficient (Wildman–Crippen LogP) is 2.76. The lowest BCUT2D eigenvalue weighted by Gasteiger charge is -2.11. The molecule has 5 heteroatoms. The maximum absolute atomic E-state index is 4.97. The Bertz CT molecular complexity index is 1350. The molecule has 0 spiro atoms. The summed E-state index contributed by atoms with van der Waals surface area (Å²) >= 11 is 0. The number of para-hydroxylation sites is 2. The van der Waals surface area contributed by atoms with Crippen molar-refractivity contribution in [1.29, 1.82) is 0 Å². The van der Waals surface area contributed by atoms with Crippen LogP contribution in [0.2, 0.25) is 0 Å². The number of aromatic nitrogens is 2. The van der Waals surface area contributed by atoms with Crippen LogP contribution in [0.25, 0.3) is 27.8 Å². The first-order valence-corrected chi connectivity index (χ1v) is 10.1. The first-order chi connectivity index (χ1) is 14.7. The Morgan fingerprint density at radius 3 is 2.10 bits per heavy atom. The molecule has 0 bridgehead atoms. The number of aryl methyl sites for hydroxylation is 1. The molecule has 4 aromatic carbocycles. The van der Waals surface area contributed by atoms with Crippen molar-refractivity contribution >= 4 is 39.1 Å². The zero-order valence-corrected chi connectivity index (χ0v) is 18.2. The molecular weight excluding hydrogens is 404 g/mol. The molecule has 1 heterocycles. The van der Waals surface area contributed by atoms with Gasteiger partial charge in [0.1, 0.15) is 11.0 Å². The van der Waals surface area contributed by atoms with E-state index >= 15 is 0 Å². The van der Waals surface area contributed by atoms with Crippen molar-refractivity contribution in [2.75, 3.05) is 17.7 Å². The molecule has 154 valence electrons. The lowest BCUT2D eigenvalue weighted by atomic mass is 10.1. The van der Waals surface area contributed by atoms with Crippen molar-refractivity contribution in [2.45, 2.75) is 6.92 Å². The van der Waals surface area contributed by atoms with Gasteiger partial charge >= 0.3 is 0 Å². The van der Waals surface area contributed by atoms with Crippen molar-refractivity contribution in [3.63, 3.8) is 0 Å². The molecule has 0 saturated carbocycles. The Balaban J connectivity index is 0.00000231. The van der Waals surface area contributed by atoms with Gasteiger partial charge in [-0.05, 0) is 42.8 Å². The lowest BCUT2D eigenvalue weighted by Crippen LogP contribution is -3.00. The van der Waals surface area contributed by atoms with Crippen LogP contribution in [0.4, 0.5) is 17.1 Å². The first kappa shape index (κ1) is 20.6. The van der Waals surface area contributed by atoms with Gasteiger partial charge in [-0.25, -0.2) is 4.98 Å². The maximum atomic E-state index is 4.97. The first-order valence-electron chi connectivity index (χ1n) is 10.1. The van der Waals surface area contributed by atoms with E-state index in [1.165, 1.54) is 5.56 Å². The van der Waals surface area contributed by atoms with Gasteiger partial charge in [0, 0.05) is 48.4 Å². The third-order valence-electron chi connectivity index (χ3n) is 5.37. The summed E-state index contributed by atoms with van der Waals surface area (Å²) in [4.78, 5) is 4.97. The van der Waals surface area contributed by atoms with E-state index in [1.54, 1.807) is 0 Å². The molecule has 0 unspecified atom stereocenters. The molecule has 0 aliphatic rings. The third-order valence-corrected chi connectivity index (χ3v) is 5.37. The van der Waals surface area contributed by atoms with Crippen LogP contribution >= 0.6 is 0 Å². The van der Waals surface area contributed by atoms with Gasteiger partial charge in [0.05, 0.1) is 0 Å². The molecule has 0 saturated heterocycles. The fraction of sp³-hybridized carbons (Fsp3) is 0.0769. The van der Waals surface area contributed by atoms with E-state index < -0.39 is 0 Å². The van der Waals surface area contributed by atoms with Gasteiger partial charge in [-0.15, -0.1) is 4.57 Å². The standard InChI is InChI=1S/C26H22N4.ClH/c1-18-15-24-26(17-23(18)27-2)30(21-11-7-4-8-12-21)25-16-20(13-14-22(25)29-24)28-19-9-5-3-6-10-19;/h3-17H,1-2H3,(H,27,28);1H. The highest BCUT2D eigenvalue weighted by Crippen LogP contribution is 2.26. The molecule has 5 aromatic rings. The minimum atomic E-state index is 0. The maximum Gasteiger partial charge on any atom is 0.239 e. The monoisotopic (exact) mass is 426 g/mol. The smallest absolute Gasteiger partial charge is 0.239 e. The third kappa shape index (κ3) is 3.90. The minimum absolute atomic E-state index is 0. The van der Waals surface area contributed by atoms with E-state index in [9.17, 15) is 0 Å². The molecule has 0 fully saturated rings. The fourth-order valence-corrected chi connectivity index (χ4v) is 3.90. The van der Waals surface area contributed by atoms with Gasteiger partial charge in [0.25, 0.3) is 0 Å².